The van der Waals surface area contributed by atoms with Crippen LogP contribution in [0.2, 0.25) is 0 Å². The number of ether oxygens (including phenoxy) is 16. The van der Waals surface area contributed by atoms with Gasteiger partial charge in [0.05, 0.1) is 190 Å². The van der Waals surface area contributed by atoms with E-state index in [2.05, 4.69) is 28.8 Å². The fourth-order valence-corrected chi connectivity index (χ4v) is 7.18. The molecule has 11 N–H and O–H groups in total. The molecule has 28 heteroatoms. The van der Waals surface area contributed by atoms with E-state index in [1.807, 2.05) is 55.4 Å². The zero-order valence-corrected chi connectivity index (χ0v) is 55.4. The molecule has 88 heavy (non-hydrogen) atoms. The molecular formula is C60H126N2O26. The fraction of sp³-hybridized carbons (Fsp3) is 1.00. The van der Waals surface area contributed by atoms with Gasteiger partial charge in [-0.05, 0) is 66.2 Å². The van der Waals surface area contributed by atoms with E-state index >= 15 is 0 Å². The summed E-state index contributed by atoms with van der Waals surface area (Å²) in [7, 11) is 0. The number of hydrogen-bond donors (Lipinski definition) is 11. The largest absolute Gasteiger partial charge is 0.396 e. The Bertz CT molecular complexity index is 1400. The number of nitrogens with zero attached hydrogens (tertiary/aromatic N) is 1. The molecule has 12 atom stereocenters. The van der Waals surface area contributed by atoms with Crippen molar-refractivity contribution in [2.24, 2.45) is 11.8 Å². The van der Waals surface area contributed by atoms with Crippen LogP contribution < -0.4 is 5.32 Å². The smallest absolute Gasteiger partial charge is 0.104 e. The maximum Gasteiger partial charge on any atom is 0.104 e. The van der Waals surface area contributed by atoms with Crippen LogP contribution >= 0.6 is 0 Å². The van der Waals surface area contributed by atoms with E-state index < -0.39 is 80.9 Å². The number of nitrogens with one attached hydrogen (secondary N) is 1. The lowest BCUT2D eigenvalue weighted by Crippen LogP contribution is -2.40. The van der Waals surface area contributed by atoms with E-state index in [0.29, 0.717) is 26.2 Å². The van der Waals surface area contributed by atoms with Gasteiger partial charge in [0.1, 0.15) is 61.0 Å². The SMILES string of the molecule is CCN(CC)CC(CO)OCC(CO)OCC(COCC(CO)OCC(COCC(CO)OCCOCC(CO)COC(C)C)OCC(COCC(CO)OCC(C)C)OCCCO)OCC(CO)OCC(CO)OC(C)C.CCNCC.OCC1CO1. The van der Waals surface area contributed by atoms with Gasteiger partial charge in [0.2, 0.25) is 0 Å². The molecule has 0 aliphatic carbocycles. The predicted octanol–water partition coefficient (Wildman–Crippen LogP) is -1.33. The van der Waals surface area contributed by atoms with Gasteiger partial charge in [-0.25, -0.2) is 0 Å². The predicted molar refractivity (Wildman–Crippen MR) is 328 cm³/mol. The van der Waals surface area contributed by atoms with Crippen molar-refractivity contribution in [3.63, 3.8) is 0 Å². The number of likely N-dealkylation sites (N-methyl/N-ethyl adjacent to an activating group) is 1. The van der Waals surface area contributed by atoms with Gasteiger partial charge in [0, 0.05) is 32.3 Å². The molecular weight excluding hydrogens is 1160 g/mol. The van der Waals surface area contributed by atoms with Gasteiger partial charge >= 0.3 is 0 Å². The number of rotatable bonds is 63. The quantitative estimate of drug-likeness (QED) is 0.0248. The first kappa shape index (κ1) is 88.9. The molecule has 0 bridgehead atoms. The van der Waals surface area contributed by atoms with Crippen molar-refractivity contribution in [3.8, 4) is 0 Å². The highest BCUT2D eigenvalue weighted by Crippen LogP contribution is 2.11. The van der Waals surface area contributed by atoms with Gasteiger partial charge < -0.3 is 137 Å². The van der Waals surface area contributed by atoms with Crippen LogP contribution in [0, 0.1) is 11.8 Å². The Kier molecular flexibility index (Phi) is 64.0. The first-order valence-electron chi connectivity index (χ1n) is 31.8. The molecule has 532 valence electrons. The lowest BCUT2D eigenvalue weighted by atomic mass is 10.2. The summed E-state index contributed by atoms with van der Waals surface area (Å²) >= 11 is 0. The van der Waals surface area contributed by atoms with Crippen LogP contribution in [0.25, 0.3) is 0 Å². The van der Waals surface area contributed by atoms with E-state index in [9.17, 15) is 46.0 Å². The van der Waals surface area contributed by atoms with Crippen molar-refractivity contribution in [2.75, 3.05) is 224 Å². The third kappa shape index (κ3) is 54.3. The molecule has 1 aliphatic rings. The second-order valence-electron chi connectivity index (χ2n) is 21.9. The Balaban J connectivity index is 0. The van der Waals surface area contributed by atoms with Crippen LogP contribution in [-0.4, -0.2) is 360 Å². The van der Waals surface area contributed by atoms with Crippen molar-refractivity contribution < 1.29 is 127 Å². The lowest BCUT2D eigenvalue weighted by Gasteiger charge is -2.28. The fourth-order valence-electron chi connectivity index (χ4n) is 7.18. The number of aliphatic hydroxyl groups is 10. The minimum atomic E-state index is -0.876. The second kappa shape index (κ2) is 63.3. The molecule has 0 amide bonds. The number of aliphatic hydroxyl groups excluding tert-OH is 10. The molecule has 12 unspecified atom stereocenters. The normalized spacial score (nSPS) is 17.2. The van der Waals surface area contributed by atoms with Crippen LogP contribution in [0.5, 0.6) is 0 Å². The Morgan fingerprint density at radius 2 is 0.773 bits per heavy atom. The molecule has 28 nitrogen and oxygen atoms in total. The van der Waals surface area contributed by atoms with Crippen molar-refractivity contribution >= 4 is 0 Å². The summed E-state index contributed by atoms with van der Waals surface area (Å²) in [6.45, 7) is 23.6. The second-order valence-corrected chi connectivity index (χ2v) is 21.9. The van der Waals surface area contributed by atoms with Crippen molar-refractivity contribution in [1.29, 1.82) is 0 Å². The van der Waals surface area contributed by atoms with Crippen LogP contribution in [-0.2, 0) is 75.8 Å². The minimum Gasteiger partial charge on any atom is -0.396 e. The van der Waals surface area contributed by atoms with Crippen LogP contribution in [0.1, 0.15) is 75.7 Å². The molecule has 0 aromatic rings. The number of hydrogen-bond acceptors (Lipinski definition) is 28. The average molecular weight is 1290 g/mol. The van der Waals surface area contributed by atoms with Gasteiger partial charge in [-0.15, -0.1) is 0 Å². The van der Waals surface area contributed by atoms with E-state index in [1.165, 1.54) is 0 Å². The Hall–Kier alpha value is -1.12. The molecule has 1 fully saturated rings. The maximum absolute atomic E-state index is 10.4. The van der Waals surface area contributed by atoms with Crippen LogP contribution in [0.4, 0.5) is 0 Å². The van der Waals surface area contributed by atoms with Gasteiger partial charge in [-0.1, -0.05) is 41.5 Å². The molecule has 1 heterocycles. The topological polar surface area (TPSA) is 369 Å². The highest BCUT2D eigenvalue weighted by molar-refractivity contribution is 4.70. The summed E-state index contributed by atoms with van der Waals surface area (Å²) in [5.74, 6) is 0.0692. The minimum absolute atomic E-state index is 0.00617. The summed E-state index contributed by atoms with van der Waals surface area (Å²) in [4.78, 5) is 2.11. The molecule has 0 saturated carbocycles. The van der Waals surface area contributed by atoms with Gasteiger partial charge in [0.15, 0.2) is 0 Å². The third-order valence-corrected chi connectivity index (χ3v) is 12.5. The van der Waals surface area contributed by atoms with Gasteiger partial charge in [-0.2, -0.15) is 0 Å². The van der Waals surface area contributed by atoms with Crippen molar-refractivity contribution in [1.82, 2.24) is 10.2 Å². The molecule has 0 aromatic heterocycles. The highest BCUT2D eigenvalue weighted by Gasteiger charge is 2.25. The highest BCUT2D eigenvalue weighted by atomic mass is 16.6. The Labute approximate surface area is 526 Å². The van der Waals surface area contributed by atoms with E-state index in [-0.39, 0.29) is 182 Å². The summed E-state index contributed by atoms with van der Waals surface area (Å²) < 4.78 is 93.2. The molecule has 1 aliphatic heterocycles. The summed E-state index contributed by atoms with van der Waals surface area (Å²) in [6, 6.07) is 0. The first-order valence-corrected chi connectivity index (χ1v) is 31.8. The van der Waals surface area contributed by atoms with E-state index in [4.69, 9.17) is 76.2 Å². The molecule has 0 radical (unpaired) electrons. The van der Waals surface area contributed by atoms with Gasteiger partial charge in [0.25, 0.3) is 0 Å². The summed E-state index contributed by atoms with van der Waals surface area (Å²) in [6.07, 6.45) is -6.60. The molecule has 1 saturated heterocycles. The van der Waals surface area contributed by atoms with Gasteiger partial charge in [-0.3, -0.25) is 0 Å². The third-order valence-electron chi connectivity index (χ3n) is 12.5. The Morgan fingerprint density at radius 1 is 0.386 bits per heavy atom. The standard InChI is InChI=1S/C53H109NO24.C4H11N.C3H6O2/c1-9-54(10-2)16-44(18-57)72-34-48(22-61)75-39-52(76-35-49(23-62)73-36-50(24-63)78-42(7)8)32-67-30-47(21-60)74-38-53(33-65-28-45(19-58)69-15-14-64-26-43(17-56)27-70-41(5)6)77-37-51(68-13-11-12-55)31-66-29-46(20-59)71-25-40(3)4;1-3-5-4-2;4-1-3-2-5-3/h40-53,55-63H,9-39H2,1-8H3;5H,3-4H2,1-2H3;3-4H,1-2H2. The summed E-state index contributed by atoms with van der Waals surface area (Å²) in [5.41, 5.74) is 0. The van der Waals surface area contributed by atoms with Crippen molar-refractivity contribution in [3.05, 3.63) is 0 Å². The molecule has 0 aromatic carbocycles. The summed E-state index contributed by atoms with van der Waals surface area (Å²) in [5, 5.41) is 101. The maximum atomic E-state index is 10.4. The lowest BCUT2D eigenvalue weighted by molar-refractivity contribution is -0.152. The molecule has 1 rings (SSSR count). The zero-order chi connectivity index (χ0) is 66.0. The Morgan fingerprint density at radius 3 is 1.14 bits per heavy atom. The van der Waals surface area contributed by atoms with E-state index in [1.54, 1.807) is 0 Å². The monoisotopic (exact) mass is 1290 g/mol. The first-order chi connectivity index (χ1) is 42.5. The molecule has 0 spiro atoms. The number of epoxide rings is 1. The van der Waals surface area contributed by atoms with Crippen LogP contribution in [0.15, 0.2) is 0 Å². The average Bonchev–Trinajstić information content (AvgIpc) is 4.38. The van der Waals surface area contributed by atoms with Crippen LogP contribution in [0.3, 0.4) is 0 Å². The van der Waals surface area contributed by atoms with E-state index in [0.717, 1.165) is 32.8 Å². The zero-order valence-electron chi connectivity index (χ0n) is 55.4. The van der Waals surface area contributed by atoms with Crippen molar-refractivity contribution in [2.45, 2.75) is 155 Å².